The van der Waals surface area contributed by atoms with Crippen molar-refractivity contribution in [3.63, 3.8) is 0 Å². The first-order valence-corrected chi connectivity index (χ1v) is 9.88. The summed E-state index contributed by atoms with van der Waals surface area (Å²) in [5.74, 6) is 1.16. The zero-order chi connectivity index (χ0) is 20.1. The maximum Gasteiger partial charge on any atom is 0.150 e. The molecule has 6 nitrogen and oxygen atoms in total. The molecule has 0 aliphatic carbocycles. The van der Waals surface area contributed by atoms with Crippen LogP contribution >= 0.6 is 0 Å². The van der Waals surface area contributed by atoms with E-state index in [9.17, 15) is 5.11 Å². The molecular formula is C23H27N3O3. The largest absolute Gasteiger partial charge is 0.508 e. The van der Waals surface area contributed by atoms with E-state index in [1.54, 1.807) is 6.07 Å². The smallest absolute Gasteiger partial charge is 0.150 e. The van der Waals surface area contributed by atoms with Gasteiger partial charge in [-0.3, -0.25) is 4.90 Å². The third-order valence-electron chi connectivity index (χ3n) is 5.25. The van der Waals surface area contributed by atoms with E-state index < -0.39 is 0 Å². The quantitative estimate of drug-likeness (QED) is 0.582. The summed E-state index contributed by atoms with van der Waals surface area (Å²) >= 11 is 0. The molecule has 0 amide bonds. The number of benzene rings is 2. The zero-order valence-electron chi connectivity index (χ0n) is 16.7. The van der Waals surface area contributed by atoms with E-state index in [1.165, 1.54) is 5.56 Å². The van der Waals surface area contributed by atoms with Gasteiger partial charge in [0.25, 0.3) is 0 Å². The summed E-state index contributed by atoms with van der Waals surface area (Å²) in [4.78, 5) is 2.21. The molecule has 3 aromatic rings. The highest BCUT2D eigenvalue weighted by Gasteiger charge is 2.39. The highest BCUT2D eigenvalue weighted by molar-refractivity contribution is 5.32. The summed E-state index contributed by atoms with van der Waals surface area (Å²) in [6.45, 7) is 3.39. The number of hydrogen-bond donors (Lipinski definition) is 2. The van der Waals surface area contributed by atoms with Crippen LogP contribution in [0.3, 0.4) is 0 Å². The van der Waals surface area contributed by atoms with Gasteiger partial charge in [0.15, 0.2) is 5.76 Å². The molecule has 0 spiro atoms. The van der Waals surface area contributed by atoms with Crippen LogP contribution in [0.5, 0.6) is 5.75 Å². The topological polar surface area (TPSA) is 70.8 Å². The number of aromatic nitrogens is 1. The molecule has 152 valence electrons. The number of rotatable bonds is 9. The van der Waals surface area contributed by atoms with Gasteiger partial charge >= 0.3 is 0 Å². The summed E-state index contributed by atoms with van der Waals surface area (Å²) in [7, 11) is 2.07. The van der Waals surface area contributed by atoms with E-state index in [0.29, 0.717) is 32.1 Å². The number of phenolic OH excluding ortho intramolecular Hbond substituents is 1. The van der Waals surface area contributed by atoms with Crippen LogP contribution in [-0.4, -0.2) is 41.0 Å². The first-order valence-electron chi connectivity index (χ1n) is 9.88. The second-order valence-corrected chi connectivity index (χ2v) is 7.87. The molecule has 0 bridgehead atoms. The summed E-state index contributed by atoms with van der Waals surface area (Å²) in [5, 5.41) is 17.8. The van der Waals surface area contributed by atoms with Crippen molar-refractivity contribution in [2.24, 2.45) is 0 Å². The summed E-state index contributed by atoms with van der Waals surface area (Å²) in [6, 6.07) is 19.8. The minimum atomic E-state index is -0.174. The molecule has 0 unspecified atom stereocenters. The predicted octanol–water partition coefficient (Wildman–Crippen LogP) is 3.11. The molecular weight excluding hydrogens is 366 g/mol. The summed E-state index contributed by atoms with van der Waals surface area (Å²) in [5.41, 5.74) is 2.89. The van der Waals surface area contributed by atoms with Crippen LogP contribution in [0.1, 0.15) is 22.6 Å². The summed E-state index contributed by atoms with van der Waals surface area (Å²) in [6.07, 6.45) is 0.729. The Morgan fingerprint density at radius 3 is 2.55 bits per heavy atom. The molecule has 0 radical (unpaired) electrons. The van der Waals surface area contributed by atoms with E-state index in [-0.39, 0.29) is 5.54 Å². The summed E-state index contributed by atoms with van der Waals surface area (Å²) < 4.78 is 11.0. The van der Waals surface area contributed by atoms with Crippen LogP contribution in [0.4, 0.5) is 0 Å². The van der Waals surface area contributed by atoms with Gasteiger partial charge < -0.3 is 19.7 Å². The lowest BCUT2D eigenvalue weighted by Crippen LogP contribution is -2.61. The molecule has 0 atom stereocenters. The van der Waals surface area contributed by atoms with E-state index in [4.69, 9.17) is 9.26 Å². The lowest BCUT2D eigenvalue weighted by molar-refractivity contribution is -0.0756. The van der Waals surface area contributed by atoms with E-state index >= 15 is 0 Å². The molecule has 1 aliphatic rings. The average molecular weight is 393 g/mol. The number of para-hydroxylation sites is 1. The van der Waals surface area contributed by atoms with Crippen molar-refractivity contribution >= 4 is 0 Å². The minimum Gasteiger partial charge on any atom is -0.508 e. The number of hydrogen-bond acceptors (Lipinski definition) is 6. The van der Waals surface area contributed by atoms with Gasteiger partial charge in [-0.15, -0.1) is 0 Å². The lowest BCUT2D eigenvalue weighted by Gasteiger charge is -2.42. The van der Waals surface area contributed by atoms with Crippen LogP contribution in [0.25, 0.3) is 0 Å². The maximum absolute atomic E-state index is 9.98. The van der Waals surface area contributed by atoms with Crippen LogP contribution in [0.2, 0.25) is 0 Å². The van der Waals surface area contributed by atoms with Crippen molar-refractivity contribution in [2.45, 2.75) is 31.6 Å². The van der Waals surface area contributed by atoms with Gasteiger partial charge in [-0.2, -0.15) is 0 Å². The van der Waals surface area contributed by atoms with Crippen molar-refractivity contribution in [3.8, 4) is 5.75 Å². The second-order valence-electron chi connectivity index (χ2n) is 7.87. The Labute approximate surface area is 171 Å². The average Bonchev–Trinajstić information content (AvgIpc) is 3.12. The molecule has 4 rings (SSSR count). The van der Waals surface area contributed by atoms with Crippen molar-refractivity contribution in [1.29, 1.82) is 0 Å². The second kappa shape index (κ2) is 8.78. The molecule has 2 aromatic carbocycles. The molecule has 1 fully saturated rings. The Hall–Kier alpha value is -2.67. The molecule has 2 N–H and O–H groups in total. The Kier molecular flexibility index (Phi) is 5.94. The molecule has 1 saturated heterocycles. The van der Waals surface area contributed by atoms with Crippen molar-refractivity contribution < 1.29 is 14.4 Å². The molecule has 1 aromatic heterocycles. The van der Waals surface area contributed by atoms with Crippen molar-refractivity contribution in [1.82, 2.24) is 15.4 Å². The number of ether oxygens (including phenoxy) is 1. The number of aromatic hydroxyl groups is 1. The third-order valence-corrected chi connectivity index (χ3v) is 5.25. The SMILES string of the molecule is CN(Cc1ccccc1)Cc1cc(CC2(NCc3ccccc3O)COC2)no1. The monoisotopic (exact) mass is 393 g/mol. The fourth-order valence-electron chi connectivity index (χ4n) is 3.64. The first-order chi connectivity index (χ1) is 14.1. The third kappa shape index (κ3) is 5.03. The number of phenols is 1. The van der Waals surface area contributed by atoms with Crippen LogP contribution in [-0.2, 0) is 30.8 Å². The van der Waals surface area contributed by atoms with Crippen LogP contribution in [0.15, 0.2) is 65.2 Å². The lowest BCUT2D eigenvalue weighted by atomic mass is 9.90. The Bertz CT molecular complexity index is 922. The Morgan fingerprint density at radius 2 is 1.83 bits per heavy atom. The van der Waals surface area contributed by atoms with Crippen molar-refractivity contribution in [3.05, 3.63) is 83.2 Å². The van der Waals surface area contributed by atoms with E-state index in [1.807, 2.05) is 30.3 Å². The zero-order valence-corrected chi connectivity index (χ0v) is 16.7. The normalized spacial score (nSPS) is 15.4. The minimum absolute atomic E-state index is 0.174. The number of nitrogens with one attached hydrogen (secondary N) is 1. The van der Waals surface area contributed by atoms with E-state index in [0.717, 1.165) is 30.0 Å². The van der Waals surface area contributed by atoms with Gasteiger partial charge in [-0.25, -0.2) is 0 Å². The van der Waals surface area contributed by atoms with Gasteiger partial charge in [-0.05, 0) is 18.7 Å². The van der Waals surface area contributed by atoms with Gasteiger partial charge in [0.05, 0.1) is 31.0 Å². The molecule has 0 saturated carbocycles. The van der Waals surface area contributed by atoms with E-state index in [2.05, 4.69) is 46.7 Å². The molecule has 2 heterocycles. The molecule has 29 heavy (non-hydrogen) atoms. The maximum atomic E-state index is 9.98. The highest BCUT2D eigenvalue weighted by Crippen LogP contribution is 2.25. The Morgan fingerprint density at radius 1 is 1.07 bits per heavy atom. The van der Waals surface area contributed by atoms with Crippen LogP contribution < -0.4 is 5.32 Å². The standard InChI is InChI=1S/C23H27N3O3/c1-26(14-18-7-3-2-4-8-18)15-21-11-20(25-29-21)12-23(16-28-17-23)24-13-19-9-5-6-10-22(19)27/h2-11,24,27H,12-17H2,1H3. The number of nitrogens with zero attached hydrogens (tertiary/aromatic N) is 2. The van der Waals surface area contributed by atoms with Crippen molar-refractivity contribution in [2.75, 3.05) is 20.3 Å². The van der Waals surface area contributed by atoms with Gasteiger partial charge in [0.1, 0.15) is 5.75 Å². The molecule has 6 heteroatoms. The Balaban J connectivity index is 1.33. The fraction of sp³-hybridized carbons (Fsp3) is 0.348. The first kappa shape index (κ1) is 19.6. The fourth-order valence-corrected chi connectivity index (χ4v) is 3.64. The van der Waals surface area contributed by atoms with Gasteiger partial charge in [-0.1, -0.05) is 53.7 Å². The predicted molar refractivity (Wildman–Crippen MR) is 110 cm³/mol. The van der Waals surface area contributed by atoms with Gasteiger partial charge in [0.2, 0.25) is 0 Å². The van der Waals surface area contributed by atoms with Gasteiger partial charge in [0, 0.05) is 31.1 Å². The highest BCUT2D eigenvalue weighted by atomic mass is 16.5. The van der Waals surface area contributed by atoms with Crippen LogP contribution in [0, 0.1) is 0 Å². The molecule has 1 aliphatic heterocycles.